The van der Waals surface area contributed by atoms with E-state index >= 15 is 0 Å². The van der Waals surface area contributed by atoms with Crippen molar-refractivity contribution in [1.29, 1.82) is 0 Å². The van der Waals surface area contributed by atoms with Crippen LogP contribution >= 0.6 is 7.75 Å². The van der Waals surface area contributed by atoms with Gasteiger partial charge in [0.1, 0.15) is 11.6 Å². The van der Waals surface area contributed by atoms with E-state index in [2.05, 4.69) is 9.45 Å². The summed E-state index contributed by atoms with van der Waals surface area (Å²) in [6.45, 7) is 4.16. The molecule has 2 atom stereocenters. The van der Waals surface area contributed by atoms with Gasteiger partial charge < -0.3 is 15.2 Å². The number of nitrogens with zero attached hydrogens (tertiary/aromatic N) is 1. The van der Waals surface area contributed by atoms with Gasteiger partial charge in [-0.3, -0.25) is 9.05 Å². The van der Waals surface area contributed by atoms with Crippen LogP contribution in [0.25, 0.3) is 0 Å². The maximum absolute atomic E-state index is 13.9. The van der Waals surface area contributed by atoms with Gasteiger partial charge in [0.05, 0.1) is 22.9 Å². The number of ether oxygens (including phenoxy) is 1. The first-order valence-electron chi connectivity index (χ1n) is 13.0. The summed E-state index contributed by atoms with van der Waals surface area (Å²) >= 11 is 0. The number of carboxylic acid groups (broad SMARTS) is 1. The van der Waals surface area contributed by atoms with Crippen molar-refractivity contribution < 1.29 is 50.4 Å². The third kappa shape index (κ3) is 14.3. The van der Waals surface area contributed by atoms with Gasteiger partial charge in [-0.1, -0.05) is 60.7 Å². The molecular formula is C27H36F3N2O8PS. The number of carbonyl (C=O) groups is 2. The van der Waals surface area contributed by atoms with Crippen molar-refractivity contribution in [3.63, 3.8) is 0 Å². The number of nitrogens with one attached hydrogen (secondary N) is 1. The Morgan fingerprint density at radius 1 is 0.952 bits per heavy atom. The van der Waals surface area contributed by atoms with Crippen molar-refractivity contribution in [1.82, 2.24) is 5.32 Å². The summed E-state index contributed by atoms with van der Waals surface area (Å²) in [6, 6.07) is 15.4. The van der Waals surface area contributed by atoms with Crippen LogP contribution in [0.5, 0.6) is 0 Å². The number of halogens is 3. The second-order valence-electron chi connectivity index (χ2n) is 10.3. The summed E-state index contributed by atoms with van der Waals surface area (Å²) in [6.07, 6.45) is -8.06. The Morgan fingerprint density at radius 2 is 1.45 bits per heavy atom. The van der Waals surface area contributed by atoms with E-state index in [-0.39, 0.29) is 13.2 Å². The predicted octanol–water partition coefficient (Wildman–Crippen LogP) is 6.71. The molecule has 0 saturated carbocycles. The minimum absolute atomic E-state index is 0.271. The summed E-state index contributed by atoms with van der Waals surface area (Å²) in [5.74, 6) is -2.79. The third-order valence-corrected chi connectivity index (χ3v) is 10.1. The molecule has 2 rings (SSSR count). The van der Waals surface area contributed by atoms with E-state index in [0.29, 0.717) is 11.1 Å². The minimum atomic E-state index is -4.58. The third-order valence-electron chi connectivity index (χ3n) is 5.36. The van der Waals surface area contributed by atoms with Gasteiger partial charge >= 0.3 is 26.0 Å². The molecule has 15 heteroatoms. The van der Waals surface area contributed by atoms with Gasteiger partial charge in [-0.25, -0.2) is 18.4 Å². The van der Waals surface area contributed by atoms with Crippen molar-refractivity contribution >= 4 is 29.5 Å². The Labute approximate surface area is 243 Å². The molecule has 0 spiro atoms. The van der Waals surface area contributed by atoms with E-state index < -0.39 is 78.1 Å². The first-order valence-corrected chi connectivity index (χ1v) is 16.3. The van der Waals surface area contributed by atoms with Crippen LogP contribution < -0.4 is 5.32 Å². The Kier molecular flexibility index (Phi) is 13.0. The maximum Gasteiger partial charge on any atom is 0.462 e. The van der Waals surface area contributed by atoms with Crippen LogP contribution in [0, 0.1) is 0 Å². The van der Waals surface area contributed by atoms with E-state index in [1.807, 2.05) is 0 Å². The first kappa shape index (κ1) is 35.3. The van der Waals surface area contributed by atoms with Crippen LogP contribution in [0.15, 0.2) is 64.8 Å². The molecule has 2 N–H and O–H groups in total. The number of hydrogen-bond donors (Lipinski definition) is 2. The highest BCUT2D eigenvalue weighted by molar-refractivity contribution is 7.96. The number of carbonyl (C=O) groups excluding carboxylic acids is 1. The quantitative estimate of drug-likeness (QED) is 0.206. The van der Waals surface area contributed by atoms with Crippen molar-refractivity contribution in [2.75, 3.05) is 11.5 Å². The summed E-state index contributed by atoms with van der Waals surface area (Å²) in [5, 5.41) is 11.7. The monoisotopic (exact) mass is 636 g/mol. The first-order chi connectivity index (χ1) is 19.5. The van der Waals surface area contributed by atoms with Gasteiger partial charge in [0.25, 0.3) is 0 Å². The Bertz CT molecular complexity index is 1280. The molecule has 0 heterocycles. The predicted molar refractivity (Wildman–Crippen MR) is 151 cm³/mol. The number of aliphatic carboxylic acids is 1. The van der Waals surface area contributed by atoms with E-state index in [0.717, 1.165) is 0 Å². The van der Waals surface area contributed by atoms with E-state index in [9.17, 15) is 36.6 Å². The van der Waals surface area contributed by atoms with Crippen LogP contribution in [0.3, 0.4) is 0 Å². The molecule has 0 unspecified atom stereocenters. The SMILES string of the molecule is CC(C)(C)OC(=O)N[C@@H](CC[S@@](=O)(CCCC(F)(F)F)=NP(=O)(OCc1ccccc1)OCc1ccccc1)C(=O)O. The Hall–Kier alpha value is -2.93. The summed E-state index contributed by atoms with van der Waals surface area (Å²) in [7, 11) is -8.40. The molecular weight excluding hydrogens is 600 g/mol. The van der Waals surface area contributed by atoms with Gasteiger partial charge in [0.15, 0.2) is 0 Å². The summed E-state index contributed by atoms with van der Waals surface area (Å²) < 4.78 is 86.5. The van der Waals surface area contributed by atoms with Gasteiger partial charge in [0.2, 0.25) is 0 Å². The number of alkyl carbamates (subject to hydrolysis) is 1. The molecule has 0 radical (unpaired) electrons. The lowest BCUT2D eigenvalue weighted by atomic mass is 10.2. The minimum Gasteiger partial charge on any atom is -0.480 e. The van der Waals surface area contributed by atoms with Crippen LogP contribution in [0.2, 0.25) is 0 Å². The van der Waals surface area contributed by atoms with E-state index in [1.54, 1.807) is 81.4 Å². The Morgan fingerprint density at radius 3 is 1.88 bits per heavy atom. The number of benzene rings is 2. The van der Waals surface area contributed by atoms with Crippen LogP contribution in [0.1, 0.15) is 51.2 Å². The smallest absolute Gasteiger partial charge is 0.462 e. The fourth-order valence-electron chi connectivity index (χ4n) is 3.42. The fourth-order valence-corrected chi connectivity index (χ4v) is 8.01. The van der Waals surface area contributed by atoms with Crippen molar-refractivity contribution in [3.8, 4) is 0 Å². The fraction of sp³-hybridized carbons (Fsp3) is 0.481. The zero-order valence-electron chi connectivity index (χ0n) is 23.5. The van der Waals surface area contributed by atoms with Gasteiger partial charge in [-0.15, -0.1) is 4.13 Å². The van der Waals surface area contributed by atoms with Crippen LogP contribution in [-0.4, -0.2) is 50.7 Å². The van der Waals surface area contributed by atoms with Crippen molar-refractivity contribution in [3.05, 3.63) is 71.8 Å². The molecule has 0 aliphatic rings. The molecule has 0 bridgehead atoms. The molecule has 0 aliphatic carbocycles. The summed E-state index contributed by atoms with van der Waals surface area (Å²) in [5.41, 5.74) is 0.214. The van der Waals surface area contributed by atoms with Crippen molar-refractivity contribution in [2.45, 2.75) is 71.1 Å². The lowest BCUT2D eigenvalue weighted by Gasteiger charge is -2.22. The van der Waals surface area contributed by atoms with Crippen LogP contribution in [0.4, 0.5) is 18.0 Å². The lowest BCUT2D eigenvalue weighted by Crippen LogP contribution is -2.44. The molecule has 2 aromatic rings. The highest BCUT2D eigenvalue weighted by Crippen LogP contribution is 2.53. The van der Waals surface area contributed by atoms with Gasteiger partial charge in [-0.2, -0.15) is 13.2 Å². The highest BCUT2D eigenvalue weighted by Gasteiger charge is 2.32. The maximum atomic E-state index is 13.9. The topological polar surface area (TPSA) is 141 Å². The number of amides is 1. The summed E-state index contributed by atoms with van der Waals surface area (Å²) in [4.78, 5) is 24.0. The zero-order valence-corrected chi connectivity index (χ0v) is 25.3. The molecule has 2 aromatic carbocycles. The molecule has 0 aliphatic heterocycles. The second kappa shape index (κ2) is 15.5. The zero-order chi connectivity index (χ0) is 31.4. The molecule has 42 heavy (non-hydrogen) atoms. The average molecular weight is 637 g/mol. The molecule has 10 nitrogen and oxygen atoms in total. The Balaban J connectivity index is 2.38. The largest absolute Gasteiger partial charge is 0.480 e. The molecule has 0 aromatic heterocycles. The number of carboxylic acids is 1. The number of hydrogen-bond acceptors (Lipinski definition) is 7. The lowest BCUT2D eigenvalue weighted by molar-refractivity contribution is -0.139. The molecule has 0 saturated heterocycles. The second-order valence-corrected chi connectivity index (χ2v) is 14.8. The molecule has 234 valence electrons. The van der Waals surface area contributed by atoms with E-state index in [4.69, 9.17) is 13.8 Å². The van der Waals surface area contributed by atoms with Gasteiger partial charge in [0, 0.05) is 17.9 Å². The standard InChI is InChI=1S/C27H36F3N2O8PS/c1-26(2,3)40-25(35)31-23(24(33)34)15-18-42(37,17-10-16-27(28,29)30)32-41(36,38-19-21-11-6-4-7-12-21)39-20-22-13-8-5-9-14-22/h4-9,11-14,23H,10,15-20H2,1-3H3,(H,31,35)(H,33,34)/t23-,42-/m0/s1. The van der Waals surface area contributed by atoms with E-state index in [1.165, 1.54) is 0 Å². The number of rotatable bonds is 15. The highest BCUT2D eigenvalue weighted by atomic mass is 32.2. The normalized spacial score (nSPS) is 14.4. The van der Waals surface area contributed by atoms with Crippen LogP contribution in [-0.2, 0) is 46.1 Å². The van der Waals surface area contributed by atoms with Crippen molar-refractivity contribution in [2.24, 2.45) is 4.13 Å². The molecule has 0 fully saturated rings. The number of alkyl halides is 3. The van der Waals surface area contributed by atoms with Gasteiger partial charge in [-0.05, 0) is 44.7 Å². The molecule has 1 amide bonds. The average Bonchev–Trinajstić information content (AvgIpc) is 2.88.